The van der Waals surface area contributed by atoms with Gasteiger partial charge in [0.05, 0.1) is 5.75 Å². The maximum absolute atomic E-state index is 12.5. The fourth-order valence-corrected chi connectivity index (χ4v) is 5.23. The predicted octanol–water partition coefficient (Wildman–Crippen LogP) is 2.73. The molecule has 0 aliphatic carbocycles. The minimum absolute atomic E-state index is 0.00744. The zero-order chi connectivity index (χ0) is 22.8. The minimum Gasteiger partial charge on any atom is -0.339 e. The van der Waals surface area contributed by atoms with E-state index in [-0.39, 0.29) is 17.6 Å². The number of carbonyl (C=O) groups excluding carboxylic acids is 2. The van der Waals surface area contributed by atoms with Gasteiger partial charge in [0, 0.05) is 32.6 Å². The van der Waals surface area contributed by atoms with Gasteiger partial charge in [0.1, 0.15) is 5.75 Å². The summed E-state index contributed by atoms with van der Waals surface area (Å²) in [5.41, 5.74) is 2.32. The average Bonchev–Trinajstić information content (AvgIpc) is 2.80. The van der Waals surface area contributed by atoms with E-state index in [1.807, 2.05) is 48.5 Å². The SMILES string of the molecule is O=C(CCCc1ccccc1)N1CCN(C(=O)CS(=O)(=O)CCCc2ccccc2)CC1. The molecular weight excluding hydrogens is 424 g/mol. The fraction of sp³-hybridized carbons (Fsp3) is 0.440. The third kappa shape index (κ3) is 7.79. The summed E-state index contributed by atoms with van der Waals surface area (Å²) in [7, 11) is -3.44. The third-order valence-electron chi connectivity index (χ3n) is 5.79. The normalized spacial score (nSPS) is 14.4. The lowest BCUT2D eigenvalue weighted by Gasteiger charge is -2.34. The molecule has 1 aliphatic heterocycles. The summed E-state index contributed by atoms with van der Waals surface area (Å²) in [6, 6.07) is 19.8. The number of carbonyl (C=O) groups is 2. The van der Waals surface area contributed by atoms with Gasteiger partial charge in [0.15, 0.2) is 9.84 Å². The summed E-state index contributed by atoms with van der Waals surface area (Å²) in [5, 5.41) is 0. The molecule has 2 aromatic carbocycles. The highest BCUT2D eigenvalue weighted by Crippen LogP contribution is 2.10. The van der Waals surface area contributed by atoms with Gasteiger partial charge in [0.2, 0.25) is 11.8 Å². The van der Waals surface area contributed by atoms with Gasteiger partial charge < -0.3 is 9.80 Å². The van der Waals surface area contributed by atoms with Crippen LogP contribution in [-0.4, -0.2) is 67.7 Å². The number of benzene rings is 2. The summed E-state index contributed by atoms with van der Waals surface area (Å²) in [6.07, 6.45) is 3.33. The van der Waals surface area contributed by atoms with E-state index in [2.05, 4.69) is 12.1 Å². The molecule has 3 rings (SSSR count). The molecule has 172 valence electrons. The van der Waals surface area contributed by atoms with E-state index in [0.717, 1.165) is 18.4 Å². The maximum atomic E-state index is 12.5. The van der Waals surface area contributed by atoms with E-state index in [4.69, 9.17) is 0 Å². The minimum atomic E-state index is -3.44. The van der Waals surface area contributed by atoms with Crippen LogP contribution in [0.3, 0.4) is 0 Å². The monoisotopic (exact) mass is 456 g/mol. The molecule has 0 spiro atoms. The van der Waals surface area contributed by atoms with Crippen LogP contribution in [-0.2, 0) is 32.3 Å². The van der Waals surface area contributed by atoms with Crippen molar-refractivity contribution in [3.63, 3.8) is 0 Å². The second kappa shape index (κ2) is 11.8. The van der Waals surface area contributed by atoms with E-state index >= 15 is 0 Å². The Kier molecular flexibility index (Phi) is 8.85. The van der Waals surface area contributed by atoms with E-state index in [1.54, 1.807) is 9.80 Å². The molecule has 1 saturated heterocycles. The number of aryl methyl sites for hydroxylation is 2. The molecule has 0 N–H and O–H groups in total. The van der Waals surface area contributed by atoms with Gasteiger partial charge in [-0.3, -0.25) is 9.59 Å². The third-order valence-corrected chi connectivity index (χ3v) is 7.39. The fourth-order valence-electron chi connectivity index (χ4n) is 3.94. The lowest BCUT2D eigenvalue weighted by molar-refractivity contribution is -0.138. The van der Waals surface area contributed by atoms with Gasteiger partial charge >= 0.3 is 0 Å². The van der Waals surface area contributed by atoms with Crippen LogP contribution in [0.5, 0.6) is 0 Å². The summed E-state index contributed by atoms with van der Waals surface area (Å²) in [4.78, 5) is 28.3. The number of rotatable bonds is 10. The van der Waals surface area contributed by atoms with Crippen molar-refractivity contribution in [3.05, 3.63) is 71.8 Å². The van der Waals surface area contributed by atoms with Crippen LogP contribution in [0.1, 0.15) is 30.4 Å². The number of piperazine rings is 1. The van der Waals surface area contributed by atoms with Crippen LogP contribution in [0.2, 0.25) is 0 Å². The van der Waals surface area contributed by atoms with Crippen LogP contribution in [0, 0.1) is 0 Å². The Bertz CT molecular complexity index is 970. The second-order valence-corrected chi connectivity index (χ2v) is 10.5. The molecule has 1 fully saturated rings. The average molecular weight is 457 g/mol. The van der Waals surface area contributed by atoms with Gasteiger partial charge in [-0.25, -0.2) is 8.42 Å². The van der Waals surface area contributed by atoms with Crippen molar-refractivity contribution in [2.75, 3.05) is 37.7 Å². The van der Waals surface area contributed by atoms with E-state index in [1.165, 1.54) is 5.56 Å². The number of amides is 2. The van der Waals surface area contributed by atoms with Crippen LogP contribution < -0.4 is 0 Å². The Morgan fingerprint density at radius 1 is 0.688 bits per heavy atom. The van der Waals surface area contributed by atoms with Crippen LogP contribution >= 0.6 is 0 Å². The number of sulfone groups is 1. The molecule has 0 bridgehead atoms. The molecule has 1 aliphatic rings. The van der Waals surface area contributed by atoms with Crippen molar-refractivity contribution in [2.45, 2.75) is 32.1 Å². The highest BCUT2D eigenvalue weighted by Gasteiger charge is 2.26. The largest absolute Gasteiger partial charge is 0.339 e. The van der Waals surface area contributed by atoms with Crippen molar-refractivity contribution in [2.24, 2.45) is 0 Å². The molecule has 1 heterocycles. The molecule has 7 heteroatoms. The molecule has 6 nitrogen and oxygen atoms in total. The van der Waals surface area contributed by atoms with Crippen LogP contribution in [0.25, 0.3) is 0 Å². The van der Waals surface area contributed by atoms with Gasteiger partial charge in [-0.2, -0.15) is 0 Å². The maximum Gasteiger partial charge on any atom is 0.237 e. The van der Waals surface area contributed by atoms with Crippen LogP contribution in [0.4, 0.5) is 0 Å². The van der Waals surface area contributed by atoms with Gasteiger partial charge in [-0.15, -0.1) is 0 Å². The molecule has 32 heavy (non-hydrogen) atoms. The standard InChI is InChI=1S/C25H32N2O4S/c28-24(15-7-13-22-9-3-1-4-10-22)26-16-18-27(19-17-26)25(29)21-32(30,31)20-8-14-23-11-5-2-6-12-23/h1-6,9-12H,7-8,13-21H2. The van der Waals surface area contributed by atoms with E-state index in [0.29, 0.717) is 45.4 Å². The summed E-state index contributed by atoms with van der Waals surface area (Å²) >= 11 is 0. The Morgan fingerprint density at radius 2 is 1.16 bits per heavy atom. The quantitative estimate of drug-likeness (QED) is 0.551. The number of hydrogen-bond donors (Lipinski definition) is 0. The molecule has 0 radical (unpaired) electrons. The topological polar surface area (TPSA) is 74.8 Å². The molecule has 0 atom stereocenters. The molecule has 2 aromatic rings. The molecular formula is C25H32N2O4S. The summed E-state index contributed by atoms with van der Waals surface area (Å²) in [5.74, 6) is -0.706. The zero-order valence-electron chi connectivity index (χ0n) is 18.5. The molecule has 0 saturated carbocycles. The number of hydrogen-bond acceptors (Lipinski definition) is 4. The molecule has 0 aromatic heterocycles. The lowest BCUT2D eigenvalue weighted by atomic mass is 10.1. The Balaban J connectivity index is 1.35. The van der Waals surface area contributed by atoms with Crippen molar-refractivity contribution in [3.8, 4) is 0 Å². The Morgan fingerprint density at radius 3 is 1.69 bits per heavy atom. The second-order valence-electron chi connectivity index (χ2n) is 8.28. The summed E-state index contributed by atoms with van der Waals surface area (Å²) < 4.78 is 24.7. The van der Waals surface area contributed by atoms with Crippen molar-refractivity contribution >= 4 is 21.7 Å². The highest BCUT2D eigenvalue weighted by atomic mass is 32.2. The van der Waals surface area contributed by atoms with Crippen molar-refractivity contribution in [1.29, 1.82) is 0 Å². The van der Waals surface area contributed by atoms with Crippen molar-refractivity contribution < 1.29 is 18.0 Å². The van der Waals surface area contributed by atoms with Crippen molar-refractivity contribution in [1.82, 2.24) is 9.80 Å². The molecule has 0 unspecified atom stereocenters. The zero-order valence-corrected chi connectivity index (χ0v) is 19.3. The van der Waals surface area contributed by atoms with Crippen LogP contribution in [0.15, 0.2) is 60.7 Å². The van der Waals surface area contributed by atoms with E-state index in [9.17, 15) is 18.0 Å². The first-order valence-corrected chi connectivity index (χ1v) is 13.1. The summed E-state index contributed by atoms with van der Waals surface area (Å²) in [6.45, 7) is 1.71. The first-order chi connectivity index (χ1) is 15.4. The van der Waals surface area contributed by atoms with Gasteiger partial charge in [-0.05, 0) is 36.8 Å². The smallest absolute Gasteiger partial charge is 0.237 e. The number of nitrogens with zero attached hydrogens (tertiary/aromatic N) is 2. The van der Waals surface area contributed by atoms with Gasteiger partial charge in [0.25, 0.3) is 0 Å². The molecule has 2 amide bonds. The Hall–Kier alpha value is -2.67. The van der Waals surface area contributed by atoms with E-state index < -0.39 is 15.6 Å². The Labute approximate surface area is 191 Å². The lowest BCUT2D eigenvalue weighted by Crippen LogP contribution is -2.51. The van der Waals surface area contributed by atoms with Gasteiger partial charge in [-0.1, -0.05) is 60.7 Å². The first-order valence-electron chi connectivity index (χ1n) is 11.3. The first kappa shape index (κ1) is 24.0. The highest BCUT2D eigenvalue weighted by molar-refractivity contribution is 7.92. The predicted molar refractivity (Wildman–Crippen MR) is 126 cm³/mol.